The van der Waals surface area contributed by atoms with Gasteiger partial charge in [-0.1, -0.05) is 30.3 Å². The van der Waals surface area contributed by atoms with Crippen LogP contribution in [0.3, 0.4) is 0 Å². The molecule has 0 bridgehead atoms. The Morgan fingerprint density at radius 2 is 1.95 bits per heavy atom. The average Bonchev–Trinajstić information content (AvgIpc) is 2.53. The van der Waals surface area contributed by atoms with Gasteiger partial charge in [-0.25, -0.2) is 0 Å². The number of carboxylic acid groups (broad SMARTS) is 1. The van der Waals surface area contributed by atoms with Crippen molar-refractivity contribution in [3.8, 4) is 0 Å². The zero-order valence-corrected chi connectivity index (χ0v) is 13.4. The second-order valence-electron chi connectivity index (χ2n) is 6.68. The molecule has 1 N–H and O–H groups in total. The molecule has 1 aromatic carbocycles. The van der Waals surface area contributed by atoms with Crippen LogP contribution in [0.2, 0.25) is 0 Å². The van der Waals surface area contributed by atoms with E-state index in [2.05, 4.69) is 0 Å². The average molecular weight is 303 g/mol. The van der Waals surface area contributed by atoms with Crippen molar-refractivity contribution in [1.82, 2.24) is 4.90 Å². The first-order valence-electron chi connectivity index (χ1n) is 7.98. The maximum Gasteiger partial charge on any atom is 0.303 e. The fraction of sp³-hybridized carbons (Fsp3) is 0.556. The Kier molecular flexibility index (Phi) is 5.22. The summed E-state index contributed by atoms with van der Waals surface area (Å²) < 4.78 is 0. The van der Waals surface area contributed by atoms with Gasteiger partial charge in [0, 0.05) is 19.5 Å². The second-order valence-corrected chi connectivity index (χ2v) is 6.68. The molecule has 0 radical (unpaired) electrons. The first-order valence-corrected chi connectivity index (χ1v) is 7.98. The molecule has 0 aliphatic carbocycles. The van der Waals surface area contributed by atoms with Crippen molar-refractivity contribution in [1.29, 1.82) is 0 Å². The Hall–Kier alpha value is -1.84. The van der Waals surface area contributed by atoms with Crippen molar-refractivity contribution in [2.45, 2.75) is 44.9 Å². The molecule has 120 valence electrons. The van der Waals surface area contributed by atoms with E-state index in [0.29, 0.717) is 18.9 Å². The molecule has 4 nitrogen and oxygen atoms in total. The molecule has 2 rings (SSSR count). The smallest absolute Gasteiger partial charge is 0.303 e. The molecule has 0 aromatic heterocycles. The fourth-order valence-electron chi connectivity index (χ4n) is 3.19. The number of rotatable bonds is 5. The van der Waals surface area contributed by atoms with E-state index in [9.17, 15) is 9.59 Å². The highest BCUT2D eigenvalue weighted by molar-refractivity contribution is 5.87. The molecule has 22 heavy (non-hydrogen) atoms. The molecule has 0 saturated carbocycles. The predicted octanol–water partition coefficient (Wildman–Crippen LogP) is 3.07. The number of aliphatic carboxylic acids is 1. The highest BCUT2D eigenvalue weighted by Crippen LogP contribution is 2.29. The summed E-state index contributed by atoms with van der Waals surface area (Å²) in [4.78, 5) is 25.6. The Bertz CT molecular complexity index is 524. The van der Waals surface area contributed by atoms with E-state index in [1.807, 2.05) is 49.1 Å². The lowest BCUT2D eigenvalue weighted by Crippen LogP contribution is -2.48. The predicted molar refractivity (Wildman–Crippen MR) is 85.6 cm³/mol. The van der Waals surface area contributed by atoms with Crippen molar-refractivity contribution in [3.05, 3.63) is 35.9 Å². The zero-order chi connectivity index (χ0) is 16.2. The molecule has 0 unspecified atom stereocenters. The van der Waals surface area contributed by atoms with Gasteiger partial charge in [0.2, 0.25) is 5.91 Å². The first kappa shape index (κ1) is 16.5. The number of carboxylic acids is 1. The van der Waals surface area contributed by atoms with Gasteiger partial charge < -0.3 is 10.0 Å². The number of benzene rings is 1. The highest BCUT2D eigenvalue weighted by atomic mass is 16.4. The van der Waals surface area contributed by atoms with Gasteiger partial charge in [0.1, 0.15) is 0 Å². The van der Waals surface area contributed by atoms with Crippen LogP contribution in [0, 0.1) is 5.92 Å². The summed E-state index contributed by atoms with van der Waals surface area (Å²) in [7, 11) is 0. The van der Waals surface area contributed by atoms with Crippen LogP contribution in [-0.2, 0) is 15.0 Å². The van der Waals surface area contributed by atoms with E-state index in [-0.39, 0.29) is 12.3 Å². The van der Waals surface area contributed by atoms with Gasteiger partial charge in [-0.3, -0.25) is 9.59 Å². The van der Waals surface area contributed by atoms with Crippen molar-refractivity contribution in [2.75, 3.05) is 13.1 Å². The number of likely N-dealkylation sites (tertiary alicyclic amines) is 1. The molecule has 4 heteroatoms. The van der Waals surface area contributed by atoms with Crippen LogP contribution in [0.25, 0.3) is 0 Å². The molecule has 1 fully saturated rings. The lowest BCUT2D eigenvalue weighted by Gasteiger charge is -2.38. The molecule has 1 aliphatic rings. The Morgan fingerprint density at radius 3 is 2.59 bits per heavy atom. The molecular weight excluding hydrogens is 278 g/mol. The van der Waals surface area contributed by atoms with Gasteiger partial charge in [-0.2, -0.15) is 0 Å². The van der Waals surface area contributed by atoms with Gasteiger partial charge in [0.15, 0.2) is 0 Å². The molecule has 0 spiro atoms. The number of carbonyl (C=O) groups excluding carboxylic acids is 1. The van der Waals surface area contributed by atoms with Gasteiger partial charge in [0.25, 0.3) is 0 Å². The van der Waals surface area contributed by atoms with Crippen molar-refractivity contribution >= 4 is 11.9 Å². The molecule has 1 atom stereocenters. The van der Waals surface area contributed by atoms with Crippen LogP contribution in [-0.4, -0.2) is 35.0 Å². The Morgan fingerprint density at radius 1 is 1.27 bits per heavy atom. The molecule has 1 amide bonds. The standard InChI is InChI=1S/C18H25NO3/c1-18(2,15-8-4-3-5-9-15)17(22)19-12-6-7-14(13-19)10-11-16(20)21/h3-5,8-9,14H,6-7,10-13H2,1-2H3,(H,20,21)/t14-/m0/s1. The van der Waals surface area contributed by atoms with E-state index >= 15 is 0 Å². The lowest BCUT2D eigenvalue weighted by atomic mass is 9.82. The van der Waals surface area contributed by atoms with Gasteiger partial charge in [-0.05, 0) is 44.6 Å². The van der Waals surface area contributed by atoms with E-state index in [1.54, 1.807) is 0 Å². The minimum atomic E-state index is -0.756. The van der Waals surface area contributed by atoms with Gasteiger partial charge in [0.05, 0.1) is 5.41 Å². The molecular formula is C18H25NO3. The van der Waals surface area contributed by atoms with Crippen molar-refractivity contribution < 1.29 is 14.7 Å². The summed E-state index contributed by atoms with van der Waals surface area (Å²) in [6.07, 6.45) is 2.82. The van der Waals surface area contributed by atoms with Crippen LogP contribution in [0.5, 0.6) is 0 Å². The summed E-state index contributed by atoms with van der Waals surface area (Å²) in [5.41, 5.74) is 0.475. The highest BCUT2D eigenvalue weighted by Gasteiger charge is 2.35. The van der Waals surface area contributed by atoms with E-state index < -0.39 is 11.4 Å². The van der Waals surface area contributed by atoms with Crippen LogP contribution >= 0.6 is 0 Å². The molecule has 1 heterocycles. The lowest BCUT2D eigenvalue weighted by molar-refractivity contribution is -0.138. The van der Waals surface area contributed by atoms with Crippen molar-refractivity contribution in [2.24, 2.45) is 5.92 Å². The number of hydrogen-bond donors (Lipinski definition) is 1. The number of piperidine rings is 1. The van der Waals surface area contributed by atoms with Crippen LogP contribution in [0.15, 0.2) is 30.3 Å². The Balaban J connectivity index is 2.03. The number of amides is 1. The fourth-order valence-corrected chi connectivity index (χ4v) is 3.19. The van der Waals surface area contributed by atoms with E-state index in [4.69, 9.17) is 5.11 Å². The monoisotopic (exact) mass is 303 g/mol. The molecule has 1 saturated heterocycles. The SMILES string of the molecule is CC(C)(C(=O)N1CCC[C@@H](CCC(=O)O)C1)c1ccccc1. The zero-order valence-electron chi connectivity index (χ0n) is 13.4. The molecule has 1 aromatic rings. The minimum absolute atomic E-state index is 0.138. The Labute approximate surface area is 132 Å². The molecule has 1 aliphatic heterocycles. The quantitative estimate of drug-likeness (QED) is 0.909. The van der Waals surface area contributed by atoms with E-state index in [1.165, 1.54) is 0 Å². The van der Waals surface area contributed by atoms with Gasteiger partial charge >= 0.3 is 5.97 Å². The maximum atomic E-state index is 12.9. The summed E-state index contributed by atoms with van der Waals surface area (Å²) in [6.45, 7) is 5.39. The second kappa shape index (κ2) is 6.95. The third-order valence-electron chi connectivity index (χ3n) is 4.60. The normalized spacial score (nSPS) is 19.0. The maximum absolute atomic E-state index is 12.9. The van der Waals surface area contributed by atoms with Crippen LogP contribution in [0.4, 0.5) is 0 Å². The first-order chi connectivity index (χ1) is 10.4. The third-order valence-corrected chi connectivity index (χ3v) is 4.60. The van der Waals surface area contributed by atoms with E-state index in [0.717, 1.165) is 24.9 Å². The third kappa shape index (κ3) is 3.87. The van der Waals surface area contributed by atoms with Crippen LogP contribution < -0.4 is 0 Å². The summed E-state index contributed by atoms with van der Waals surface area (Å²) in [5, 5.41) is 8.82. The minimum Gasteiger partial charge on any atom is -0.481 e. The largest absolute Gasteiger partial charge is 0.481 e. The van der Waals surface area contributed by atoms with Gasteiger partial charge in [-0.15, -0.1) is 0 Å². The summed E-state index contributed by atoms with van der Waals surface area (Å²) >= 11 is 0. The number of carbonyl (C=O) groups is 2. The summed E-state index contributed by atoms with van der Waals surface area (Å²) in [5.74, 6) is -0.313. The number of nitrogens with zero attached hydrogens (tertiary/aromatic N) is 1. The van der Waals surface area contributed by atoms with Crippen LogP contribution in [0.1, 0.15) is 45.1 Å². The van der Waals surface area contributed by atoms with Crippen molar-refractivity contribution in [3.63, 3.8) is 0 Å². The number of hydrogen-bond acceptors (Lipinski definition) is 2. The topological polar surface area (TPSA) is 57.6 Å². The summed E-state index contributed by atoms with van der Waals surface area (Å²) in [6, 6.07) is 9.84.